The van der Waals surface area contributed by atoms with Crippen LogP contribution in [0.4, 0.5) is 5.95 Å². The largest absolute Gasteiger partial charge is 0.487 e. The van der Waals surface area contributed by atoms with Crippen molar-refractivity contribution in [1.82, 2.24) is 14.5 Å². The van der Waals surface area contributed by atoms with Gasteiger partial charge < -0.3 is 24.6 Å². The summed E-state index contributed by atoms with van der Waals surface area (Å²) in [4.78, 5) is 6.94. The predicted octanol–water partition coefficient (Wildman–Crippen LogP) is 0.935. The number of hydrogen-bond donors (Lipinski definition) is 2. The van der Waals surface area contributed by atoms with Crippen LogP contribution in [0.2, 0.25) is 0 Å². The van der Waals surface area contributed by atoms with Gasteiger partial charge in [-0.15, -0.1) is 0 Å². The third kappa shape index (κ3) is 2.14. The van der Waals surface area contributed by atoms with Gasteiger partial charge in [0.15, 0.2) is 0 Å². The van der Waals surface area contributed by atoms with E-state index in [9.17, 15) is 5.11 Å². The lowest BCUT2D eigenvalue weighted by Crippen LogP contribution is -2.34. The number of aliphatic hydroxyl groups is 1. The molecule has 1 aromatic heterocycles. The molecule has 3 heterocycles. The van der Waals surface area contributed by atoms with Crippen molar-refractivity contribution in [3.8, 4) is 5.75 Å². The van der Waals surface area contributed by atoms with Gasteiger partial charge in [-0.2, -0.15) is 0 Å². The number of imidazole rings is 1. The summed E-state index contributed by atoms with van der Waals surface area (Å²) in [6, 6.07) is 3.99. The van der Waals surface area contributed by atoms with Crippen LogP contribution >= 0.6 is 0 Å². The van der Waals surface area contributed by atoms with E-state index in [0.717, 1.165) is 43.3 Å². The van der Waals surface area contributed by atoms with Gasteiger partial charge in [-0.3, -0.25) is 0 Å². The highest BCUT2D eigenvalue weighted by Gasteiger charge is 2.29. The van der Waals surface area contributed by atoms with Crippen molar-refractivity contribution in [3.63, 3.8) is 0 Å². The van der Waals surface area contributed by atoms with Crippen molar-refractivity contribution in [2.45, 2.75) is 19.1 Å². The van der Waals surface area contributed by atoms with E-state index in [0.29, 0.717) is 5.92 Å². The number of aromatic nitrogens is 2. The zero-order chi connectivity index (χ0) is 15.3. The fraction of sp³-hybridized carbons (Fsp3) is 0.562. The van der Waals surface area contributed by atoms with Crippen molar-refractivity contribution in [2.75, 3.05) is 39.1 Å². The molecule has 1 aromatic carbocycles. The molecule has 2 atom stereocenters. The molecule has 6 heteroatoms. The number of ether oxygens (including phenoxy) is 1. The Morgan fingerprint density at radius 2 is 2.32 bits per heavy atom. The Kier molecular flexibility index (Phi) is 3.23. The number of benzene rings is 1. The lowest BCUT2D eigenvalue weighted by atomic mass is 10.1. The van der Waals surface area contributed by atoms with Gasteiger partial charge in [-0.05, 0) is 26.2 Å². The summed E-state index contributed by atoms with van der Waals surface area (Å²) in [5, 5.41) is 12.8. The molecule has 2 unspecified atom stereocenters. The van der Waals surface area contributed by atoms with Crippen LogP contribution in [-0.2, 0) is 13.0 Å². The second-order valence-electron chi connectivity index (χ2n) is 6.59. The normalized spacial score (nSPS) is 23.3. The van der Waals surface area contributed by atoms with Crippen LogP contribution in [0, 0.1) is 5.92 Å². The minimum atomic E-state index is -0.124. The molecular weight excluding hydrogens is 280 g/mol. The average Bonchev–Trinajstić information content (AvgIpc) is 3.05. The maximum absolute atomic E-state index is 9.38. The Hall–Kier alpha value is -1.79. The van der Waals surface area contributed by atoms with Crippen LogP contribution in [0.5, 0.6) is 5.75 Å². The van der Waals surface area contributed by atoms with Crippen LogP contribution in [0.1, 0.15) is 5.56 Å². The number of rotatable bonds is 3. The molecule has 0 radical (unpaired) electrons. The van der Waals surface area contributed by atoms with Crippen molar-refractivity contribution in [2.24, 2.45) is 5.92 Å². The summed E-state index contributed by atoms with van der Waals surface area (Å²) in [6.45, 7) is 3.03. The Morgan fingerprint density at radius 3 is 3.09 bits per heavy atom. The topological polar surface area (TPSA) is 62.6 Å². The molecule has 0 saturated carbocycles. The summed E-state index contributed by atoms with van der Waals surface area (Å²) >= 11 is 0. The van der Waals surface area contributed by atoms with Gasteiger partial charge in [0.2, 0.25) is 5.95 Å². The molecule has 2 aliphatic rings. The minimum absolute atomic E-state index is 0.0542. The zero-order valence-corrected chi connectivity index (χ0v) is 13.0. The first-order valence-electron chi connectivity index (χ1n) is 7.84. The van der Waals surface area contributed by atoms with Crippen molar-refractivity contribution < 1.29 is 9.84 Å². The molecule has 0 bridgehead atoms. The van der Waals surface area contributed by atoms with Crippen molar-refractivity contribution in [1.29, 1.82) is 0 Å². The monoisotopic (exact) mass is 302 g/mol. The summed E-state index contributed by atoms with van der Waals surface area (Å²) in [5.41, 5.74) is 3.36. The molecule has 0 amide bonds. The maximum Gasteiger partial charge on any atom is 0.203 e. The molecule has 118 valence electrons. The SMILES string of the molecule is CN(C)CC1CNc2nc3ccc4c(c3n2C1)CC(CO)O4. The maximum atomic E-state index is 9.38. The predicted molar refractivity (Wildman–Crippen MR) is 85.5 cm³/mol. The number of nitrogens with zero attached hydrogens (tertiary/aromatic N) is 3. The average molecular weight is 302 g/mol. The van der Waals surface area contributed by atoms with Crippen LogP contribution in [0.25, 0.3) is 11.0 Å². The van der Waals surface area contributed by atoms with Crippen molar-refractivity contribution >= 4 is 17.0 Å². The van der Waals surface area contributed by atoms with Gasteiger partial charge >= 0.3 is 0 Å². The first-order valence-corrected chi connectivity index (χ1v) is 7.84. The van der Waals surface area contributed by atoms with Gasteiger partial charge in [0.05, 0.1) is 17.6 Å². The summed E-state index contributed by atoms with van der Waals surface area (Å²) in [7, 11) is 4.22. The Labute approximate surface area is 129 Å². The van der Waals surface area contributed by atoms with Gasteiger partial charge in [0.1, 0.15) is 11.9 Å². The van der Waals surface area contributed by atoms with Crippen LogP contribution in [-0.4, -0.2) is 59.5 Å². The fourth-order valence-electron chi connectivity index (χ4n) is 3.65. The van der Waals surface area contributed by atoms with Crippen LogP contribution < -0.4 is 10.1 Å². The van der Waals surface area contributed by atoms with Gasteiger partial charge in [-0.25, -0.2) is 4.98 Å². The number of hydrogen-bond acceptors (Lipinski definition) is 5. The number of aliphatic hydroxyl groups excluding tert-OH is 1. The number of anilines is 1. The molecule has 2 aliphatic heterocycles. The second kappa shape index (κ2) is 5.14. The molecule has 0 aliphatic carbocycles. The molecule has 6 nitrogen and oxygen atoms in total. The highest BCUT2D eigenvalue weighted by Crippen LogP contribution is 2.37. The van der Waals surface area contributed by atoms with E-state index in [1.165, 1.54) is 11.1 Å². The van der Waals surface area contributed by atoms with E-state index >= 15 is 0 Å². The van der Waals surface area contributed by atoms with Crippen LogP contribution in [0.3, 0.4) is 0 Å². The van der Waals surface area contributed by atoms with E-state index in [1.807, 2.05) is 12.1 Å². The van der Waals surface area contributed by atoms with E-state index in [2.05, 4.69) is 28.9 Å². The third-order valence-corrected chi connectivity index (χ3v) is 4.51. The van der Waals surface area contributed by atoms with Gasteiger partial charge in [0.25, 0.3) is 0 Å². The third-order valence-electron chi connectivity index (χ3n) is 4.51. The van der Waals surface area contributed by atoms with Gasteiger partial charge in [0, 0.05) is 37.5 Å². The lowest BCUT2D eigenvalue weighted by molar-refractivity contribution is 0.134. The standard InChI is InChI=1S/C16H22N4O2/c1-19(2)7-10-6-17-16-18-13-3-4-14-12(5-11(9-21)22-14)15(13)20(16)8-10/h3-4,10-11,21H,5-9H2,1-2H3,(H,17,18). The quantitative estimate of drug-likeness (QED) is 0.883. The summed E-state index contributed by atoms with van der Waals surface area (Å²) in [6.07, 6.45) is 0.632. The molecular formula is C16H22N4O2. The van der Waals surface area contributed by atoms with E-state index in [1.54, 1.807) is 0 Å². The second-order valence-corrected chi connectivity index (χ2v) is 6.59. The Balaban J connectivity index is 1.76. The van der Waals surface area contributed by atoms with Gasteiger partial charge in [-0.1, -0.05) is 0 Å². The molecule has 0 saturated heterocycles. The summed E-state index contributed by atoms with van der Waals surface area (Å²) in [5.74, 6) is 2.40. The summed E-state index contributed by atoms with van der Waals surface area (Å²) < 4.78 is 8.08. The molecule has 4 rings (SSSR count). The van der Waals surface area contributed by atoms with Crippen LogP contribution in [0.15, 0.2) is 12.1 Å². The number of nitrogens with one attached hydrogen (secondary N) is 1. The van der Waals surface area contributed by atoms with E-state index < -0.39 is 0 Å². The fourth-order valence-corrected chi connectivity index (χ4v) is 3.65. The highest BCUT2D eigenvalue weighted by atomic mass is 16.5. The highest BCUT2D eigenvalue weighted by molar-refractivity contribution is 5.85. The van der Waals surface area contributed by atoms with E-state index in [-0.39, 0.29) is 12.7 Å². The smallest absolute Gasteiger partial charge is 0.203 e. The molecule has 0 fully saturated rings. The minimum Gasteiger partial charge on any atom is -0.487 e. The van der Waals surface area contributed by atoms with Crippen molar-refractivity contribution in [3.05, 3.63) is 17.7 Å². The first-order chi connectivity index (χ1) is 10.7. The Morgan fingerprint density at radius 1 is 1.45 bits per heavy atom. The lowest BCUT2D eigenvalue weighted by Gasteiger charge is -2.27. The molecule has 2 aromatic rings. The Bertz CT molecular complexity index is 710. The molecule has 0 spiro atoms. The zero-order valence-electron chi connectivity index (χ0n) is 13.0. The first kappa shape index (κ1) is 13.8. The molecule has 2 N–H and O–H groups in total. The number of fused-ring (bicyclic) bond motifs is 5. The molecule has 22 heavy (non-hydrogen) atoms. The van der Waals surface area contributed by atoms with E-state index in [4.69, 9.17) is 9.72 Å².